The van der Waals surface area contributed by atoms with Gasteiger partial charge in [-0.2, -0.15) is 0 Å². The molecule has 0 aromatic heterocycles. The van der Waals surface area contributed by atoms with Gasteiger partial charge in [-0.1, -0.05) is 15.9 Å². The number of anilines is 1. The number of hydrogen-bond acceptors (Lipinski definition) is 1. The fourth-order valence-corrected chi connectivity index (χ4v) is 2.41. The van der Waals surface area contributed by atoms with Crippen molar-refractivity contribution in [1.82, 2.24) is 0 Å². The van der Waals surface area contributed by atoms with Crippen LogP contribution in [-0.4, -0.2) is 12.5 Å². The van der Waals surface area contributed by atoms with Gasteiger partial charge >= 0.3 is 0 Å². The van der Waals surface area contributed by atoms with E-state index in [1.807, 2.05) is 13.8 Å². The highest BCUT2D eigenvalue weighted by atomic mass is 79.9. The summed E-state index contributed by atoms with van der Waals surface area (Å²) in [5, 5.41) is 0. The summed E-state index contributed by atoms with van der Waals surface area (Å²) in [6.45, 7) is 4.19. The number of nitrogens with zero attached hydrogens (tertiary/aromatic N) is 1. The van der Waals surface area contributed by atoms with Crippen molar-refractivity contribution in [3.63, 3.8) is 0 Å². The molecular weight excluding hydrogens is 261 g/mol. The van der Waals surface area contributed by atoms with Gasteiger partial charge in [0.25, 0.3) is 0 Å². The van der Waals surface area contributed by atoms with Crippen molar-refractivity contribution >= 4 is 27.5 Å². The number of hydrogen-bond donors (Lipinski definition) is 0. The second kappa shape index (κ2) is 3.59. The average Bonchev–Trinajstić information content (AvgIpc) is 2.52. The summed E-state index contributed by atoms with van der Waals surface area (Å²) in [5.41, 5.74) is 2.05. The normalized spacial score (nSPS) is 14.7. The Labute approximate surface area is 96.2 Å². The van der Waals surface area contributed by atoms with Gasteiger partial charge in [-0.25, -0.2) is 4.39 Å². The van der Waals surface area contributed by atoms with E-state index in [1.54, 1.807) is 0 Å². The highest BCUT2D eigenvalue weighted by Crippen LogP contribution is 2.38. The maximum Gasteiger partial charge on any atom is 0.231 e. The first-order chi connectivity index (χ1) is 7.06. The van der Waals surface area contributed by atoms with Crippen LogP contribution in [0.5, 0.6) is 0 Å². The lowest BCUT2D eigenvalue weighted by molar-refractivity contribution is -0.117. The third kappa shape index (κ3) is 1.47. The second-order valence-corrected chi connectivity index (χ2v) is 4.42. The minimum Gasteiger partial charge on any atom is -0.309 e. The van der Waals surface area contributed by atoms with Gasteiger partial charge in [0.2, 0.25) is 5.91 Å². The molecule has 1 amide bonds. The molecule has 0 atom stereocenters. The molecular formula is C11H11BrFNO. The van der Waals surface area contributed by atoms with Crippen LogP contribution in [0.15, 0.2) is 10.5 Å². The van der Waals surface area contributed by atoms with E-state index >= 15 is 0 Å². The van der Waals surface area contributed by atoms with Crippen molar-refractivity contribution in [2.75, 3.05) is 11.4 Å². The first kappa shape index (κ1) is 10.6. The smallest absolute Gasteiger partial charge is 0.231 e. The van der Waals surface area contributed by atoms with Crippen LogP contribution in [0.25, 0.3) is 0 Å². The van der Waals surface area contributed by atoms with Crippen LogP contribution in [0.2, 0.25) is 0 Å². The predicted octanol–water partition coefficient (Wildman–Crippen LogP) is 2.81. The van der Waals surface area contributed by atoms with Crippen LogP contribution < -0.4 is 4.90 Å². The number of carbonyl (C=O) groups is 1. The molecule has 1 aromatic carbocycles. The number of likely N-dealkylation sites (N-methyl/N-ethyl adjacent to an activating group) is 1. The van der Waals surface area contributed by atoms with Gasteiger partial charge in [0.05, 0.1) is 12.1 Å². The van der Waals surface area contributed by atoms with Gasteiger partial charge in [0.1, 0.15) is 5.82 Å². The number of halogens is 2. The maximum absolute atomic E-state index is 13.7. The molecule has 2 nitrogen and oxygen atoms in total. The Morgan fingerprint density at radius 2 is 2.27 bits per heavy atom. The molecule has 2 rings (SSSR count). The minimum absolute atomic E-state index is 0.0299. The molecule has 0 N–H and O–H groups in total. The zero-order valence-electron chi connectivity index (χ0n) is 8.60. The zero-order chi connectivity index (χ0) is 11.2. The summed E-state index contributed by atoms with van der Waals surface area (Å²) in [6, 6.07) is 1.46. The van der Waals surface area contributed by atoms with Gasteiger partial charge in [-0.05, 0) is 25.5 Å². The van der Waals surface area contributed by atoms with Gasteiger partial charge in [-0.15, -0.1) is 0 Å². The molecule has 0 radical (unpaired) electrons. The van der Waals surface area contributed by atoms with E-state index < -0.39 is 0 Å². The zero-order valence-corrected chi connectivity index (χ0v) is 10.2. The highest BCUT2D eigenvalue weighted by molar-refractivity contribution is 9.10. The summed E-state index contributed by atoms with van der Waals surface area (Å²) in [4.78, 5) is 13.1. The fraction of sp³-hybridized carbons (Fsp3) is 0.364. The Balaban J connectivity index is 2.67. The first-order valence-electron chi connectivity index (χ1n) is 4.84. The number of carbonyl (C=O) groups excluding carboxylic acids is 1. The number of benzene rings is 1. The second-order valence-electron chi connectivity index (χ2n) is 3.63. The average molecular weight is 272 g/mol. The van der Waals surface area contributed by atoms with E-state index in [0.717, 1.165) is 15.6 Å². The molecule has 1 aromatic rings. The predicted molar refractivity (Wildman–Crippen MR) is 60.6 cm³/mol. The molecule has 0 unspecified atom stereocenters. The molecule has 0 fully saturated rings. The van der Waals surface area contributed by atoms with Crippen molar-refractivity contribution in [2.24, 2.45) is 0 Å². The van der Waals surface area contributed by atoms with E-state index in [4.69, 9.17) is 0 Å². The van der Waals surface area contributed by atoms with Crippen LogP contribution in [-0.2, 0) is 11.2 Å². The number of rotatable bonds is 1. The molecule has 0 saturated carbocycles. The molecule has 15 heavy (non-hydrogen) atoms. The molecule has 1 aliphatic heterocycles. The Bertz CT molecular complexity index is 445. The first-order valence-corrected chi connectivity index (χ1v) is 5.63. The molecule has 0 spiro atoms. The number of amides is 1. The topological polar surface area (TPSA) is 20.3 Å². The van der Waals surface area contributed by atoms with Crippen molar-refractivity contribution in [3.05, 3.63) is 27.5 Å². The Morgan fingerprint density at radius 3 is 2.87 bits per heavy atom. The van der Waals surface area contributed by atoms with E-state index in [0.29, 0.717) is 18.7 Å². The molecule has 0 bridgehead atoms. The van der Waals surface area contributed by atoms with Gasteiger partial charge in [-0.3, -0.25) is 4.79 Å². The SMILES string of the molecule is CCN1C(=O)Cc2c(Br)c(C)cc(F)c21. The monoisotopic (exact) mass is 271 g/mol. The van der Waals surface area contributed by atoms with E-state index in [-0.39, 0.29) is 11.7 Å². The Morgan fingerprint density at radius 1 is 1.60 bits per heavy atom. The van der Waals surface area contributed by atoms with Gasteiger partial charge in [0, 0.05) is 16.6 Å². The molecule has 0 aliphatic carbocycles. The lowest BCUT2D eigenvalue weighted by Crippen LogP contribution is -2.26. The standard InChI is InChI=1S/C11H11BrFNO/c1-3-14-9(15)5-7-10(12)6(2)4-8(13)11(7)14/h4H,3,5H2,1-2H3. The van der Waals surface area contributed by atoms with E-state index in [9.17, 15) is 9.18 Å². The summed E-state index contributed by atoms with van der Waals surface area (Å²) >= 11 is 3.40. The molecule has 0 saturated heterocycles. The van der Waals surface area contributed by atoms with Crippen molar-refractivity contribution < 1.29 is 9.18 Å². The quantitative estimate of drug-likeness (QED) is 0.769. The lowest BCUT2D eigenvalue weighted by atomic mass is 10.1. The minimum atomic E-state index is -0.307. The maximum atomic E-state index is 13.7. The Hall–Kier alpha value is -0.900. The highest BCUT2D eigenvalue weighted by Gasteiger charge is 2.31. The summed E-state index contributed by atoms with van der Waals surface area (Å²) in [7, 11) is 0. The lowest BCUT2D eigenvalue weighted by Gasteiger charge is -2.16. The fourth-order valence-electron chi connectivity index (χ4n) is 1.97. The summed E-state index contributed by atoms with van der Waals surface area (Å²) < 4.78 is 14.6. The van der Waals surface area contributed by atoms with Crippen LogP contribution in [0.1, 0.15) is 18.1 Å². The van der Waals surface area contributed by atoms with Gasteiger partial charge < -0.3 is 4.90 Å². The van der Waals surface area contributed by atoms with Crippen molar-refractivity contribution in [3.8, 4) is 0 Å². The van der Waals surface area contributed by atoms with Crippen LogP contribution >= 0.6 is 15.9 Å². The van der Waals surface area contributed by atoms with Crippen LogP contribution in [0.4, 0.5) is 10.1 Å². The summed E-state index contributed by atoms with van der Waals surface area (Å²) in [6.07, 6.45) is 0.294. The third-order valence-electron chi connectivity index (χ3n) is 2.68. The van der Waals surface area contributed by atoms with Crippen LogP contribution in [0.3, 0.4) is 0 Å². The number of aryl methyl sites for hydroxylation is 1. The van der Waals surface area contributed by atoms with Gasteiger partial charge in [0.15, 0.2) is 0 Å². The van der Waals surface area contributed by atoms with Crippen molar-refractivity contribution in [2.45, 2.75) is 20.3 Å². The van der Waals surface area contributed by atoms with Crippen molar-refractivity contribution in [1.29, 1.82) is 0 Å². The number of fused-ring (bicyclic) bond motifs is 1. The third-order valence-corrected chi connectivity index (χ3v) is 3.79. The largest absolute Gasteiger partial charge is 0.309 e. The molecule has 1 heterocycles. The molecule has 1 aliphatic rings. The molecule has 4 heteroatoms. The summed E-state index contributed by atoms with van der Waals surface area (Å²) in [5.74, 6) is -0.337. The van der Waals surface area contributed by atoms with E-state index in [2.05, 4.69) is 15.9 Å². The Kier molecular flexibility index (Phi) is 2.54. The van der Waals surface area contributed by atoms with E-state index in [1.165, 1.54) is 11.0 Å². The molecule has 80 valence electrons. The van der Waals surface area contributed by atoms with Crippen LogP contribution in [0, 0.1) is 12.7 Å².